The Bertz CT molecular complexity index is 222. The molecule has 0 bridgehead atoms. The van der Waals surface area contributed by atoms with Gasteiger partial charge in [-0.25, -0.2) is 0 Å². The molecule has 0 amide bonds. The van der Waals surface area contributed by atoms with Gasteiger partial charge in [-0.2, -0.15) is 0 Å². The third-order valence-corrected chi connectivity index (χ3v) is 4.22. The van der Waals surface area contributed by atoms with E-state index < -0.39 is 0 Å². The molecule has 0 radical (unpaired) electrons. The number of nitrogens with zero attached hydrogens (tertiary/aromatic N) is 1. The maximum absolute atomic E-state index is 5.93. The highest BCUT2D eigenvalue weighted by Crippen LogP contribution is 2.35. The highest BCUT2D eigenvalue weighted by Gasteiger charge is 2.40. The van der Waals surface area contributed by atoms with Crippen molar-refractivity contribution in [2.75, 3.05) is 32.8 Å². The predicted molar refractivity (Wildman–Crippen MR) is 61.8 cm³/mol. The number of ether oxygens (including phenoxy) is 1. The first-order chi connectivity index (χ1) is 7.08. The second kappa shape index (κ2) is 4.04. The zero-order valence-corrected chi connectivity index (χ0v) is 10.1. The highest BCUT2D eigenvalue weighted by atomic mass is 16.5. The van der Waals surface area contributed by atoms with E-state index in [1.54, 1.807) is 0 Å². The van der Waals surface area contributed by atoms with Gasteiger partial charge in [0.1, 0.15) is 0 Å². The predicted octanol–water partition coefficient (Wildman–Crippen LogP) is 1.23. The summed E-state index contributed by atoms with van der Waals surface area (Å²) in [6, 6.07) is 0. The van der Waals surface area contributed by atoms with E-state index in [0.29, 0.717) is 5.54 Å². The monoisotopic (exact) mass is 212 g/mol. The zero-order chi connectivity index (χ0) is 10.9. The number of rotatable bonds is 3. The molecular formula is C12H24N2O. The first-order valence-corrected chi connectivity index (χ1v) is 6.11. The van der Waals surface area contributed by atoms with Crippen molar-refractivity contribution in [2.24, 2.45) is 11.1 Å². The van der Waals surface area contributed by atoms with Gasteiger partial charge in [-0.1, -0.05) is 0 Å². The summed E-state index contributed by atoms with van der Waals surface area (Å²) in [5, 5.41) is 0. The lowest BCUT2D eigenvalue weighted by molar-refractivity contribution is 0.0814. The van der Waals surface area contributed by atoms with E-state index in [9.17, 15) is 0 Å². The summed E-state index contributed by atoms with van der Waals surface area (Å²) < 4.78 is 5.52. The molecule has 0 aliphatic carbocycles. The SMILES string of the molecule is CC1(C)CCCN1CC1(CN)CCOC1. The molecule has 2 heterocycles. The molecule has 0 saturated carbocycles. The normalized spacial score (nSPS) is 36.2. The van der Waals surface area contributed by atoms with E-state index in [0.717, 1.165) is 32.7 Å². The molecule has 3 nitrogen and oxygen atoms in total. The van der Waals surface area contributed by atoms with Gasteiger partial charge in [-0.15, -0.1) is 0 Å². The van der Waals surface area contributed by atoms with Gasteiger partial charge in [-0.3, -0.25) is 4.90 Å². The van der Waals surface area contributed by atoms with E-state index in [1.165, 1.54) is 19.4 Å². The number of likely N-dealkylation sites (tertiary alicyclic amines) is 1. The second-order valence-electron chi connectivity index (χ2n) is 5.84. The Balaban J connectivity index is 2.00. The maximum Gasteiger partial charge on any atom is 0.0547 e. The summed E-state index contributed by atoms with van der Waals surface area (Å²) in [5.41, 5.74) is 6.53. The molecule has 0 aromatic heterocycles. The van der Waals surface area contributed by atoms with Gasteiger partial charge in [0.2, 0.25) is 0 Å². The van der Waals surface area contributed by atoms with Gasteiger partial charge in [0.25, 0.3) is 0 Å². The van der Waals surface area contributed by atoms with Crippen LogP contribution >= 0.6 is 0 Å². The zero-order valence-electron chi connectivity index (χ0n) is 10.1. The molecule has 2 N–H and O–H groups in total. The summed E-state index contributed by atoms with van der Waals surface area (Å²) in [7, 11) is 0. The fourth-order valence-electron chi connectivity index (χ4n) is 2.86. The Morgan fingerprint density at radius 1 is 1.33 bits per heavy atom. The first kappa shape index (κ1) is 11.4. The average Bonchev–Trinajstić information content (AvgIpc) is 2.76. The molecule has 15 heavy (non-hydrogen) atoms. The van der Waals surface area contributed by atoms with Gasteiger partial charge in [0, 0.05) is 30.7 Å². The minimum Gasteiger partial charge on any atom is -0.381 e. The van der Waals surface area contributed by atoms with Crippen molar-refractivity contribution in [3.8, 4) is 0 Å². The van der Waals surface area contributed by atoms with Crippen molar-refractivity contribution in [3.63, 3.8) is 0 Å². The van der Waals surface area contributed by atoms with E-state index in [4.69, 9.17) is 10.5 Å². The Labute approximate surface area is 93.0 Å². The topological polar surface area (TPSA) is 38.5 Å². The van der Waals surface area contributed by atoms with Crippen LogP contribution in [0.2, 0.25) is 0 Å². The molecule has 3 heteroatoms. The van der Waals surface area contributed by atoms with Gasteiger partial charge in [0.15, 0.2) is 0 Å². The maximum atomic E-state index is 5.93. The van der Waals surface area contributed by atoms with Crippen molar-refractivity contribution < 1.29 is 4.74 Å². The summed E-state index contributed by atoms with van der Waals surface area (Å²) in [4.78, 5) is 2.61. The molecule has 2 fully saturated rings. The van der Waals surface area contributed by atoms with Crippen molar-refractivity contribution in [1.29, 1.82) is 0 Å². The molecule has 0 spiro atoms. The fourth-order valence-corrected chi connectivity index (χ4v) is 2.86. The van der Waals surface area contributed by atoms with Crippen LogP contribution in [-0.4, -0.2) is 43.3 Å². The van der Waals surface area contributed by atoms with Crippen LogP contribution in [0.4, 0.5) is 0 Å². The van der Waals surface area contributed by atoms with Crippen LogP contribution in [-0.2, 0) is 4.74 Å². The fraction of sp³-hybridized carbons (Fsp3) is 1.00. The molecule has 2 aliphatic heterocycles. The summed E-state index contributed by atoms with van der Waals surface area (Å²) in [6.45, 7) is 9.56. The third kappa shape index (κ3) is 2.19. The van der Waals surface area contributed by atoms with Crippen LogP contribution in [0.1, 0.15) is 33.1 Å². The van der Waals surface area contributed by atoms with E-state index in [-0.39, 0.29) is 5.41 Å². The van der Waals surface area contributed by atoms with Crippen LogP contribution < -0.4 is 5.73 Å². The lowest BCUT2D eigenvalue weighted by Gasteiger charge is -2.38. The van der Waals surface area contributed by atoms with Crippen molar-refractivity contribution in [2.45, 2.75) is 38.6 Å². The molecule has 2 saturated heterocycles. The van der Waals surface area contributed by atoms with Gasteiger partial charge in [0.05, 0.1) is 6.61 Å². The van der Waals surface area contributed by atoms with E-state index in [1.807, 2.05) is 0 Å². The lowest BCUT2D eigenvalue weighted by Crippen LogP contribution is -2.48. The van der Waals surface area contributed by atoms with Crippen molar-refractivity contribution in [1.82, 2.24) is 4.90 Å². The Morgan fingerprint density at radius 2 is 2.13 bits per heavy atom. The number of nitrogens with two attached hydrogens (primary N) is 1. The Kier molecular flexibility index (Phi) is 3.06. The van der Waals surface area contributed by atoms with Gasteiger partial charge >= 0.3 is 0 Å². The van der Waals surface area contributed by atoms with Crippen LogP contribution in [0.5, 0.6) is 0 Å². The summed E-state index contributed by atoms with van der Waals surface area (Å²) in [5.74, 6) is 0. The molecule has 1 atom stereocenters. The first-order valence-electron chi connectivity index (χ1n) is 6.11. The molecule has 1 unspecified atom stereocenters. The largest absolute Gasteiger partial charge is 0.381 e. The molecule has 2 aliphatic rings. The summed E-state index contributed by atoms with van der Waals surface area (Å²) >= 11 is 0. The minimum absolute atomic E-state index is 0.238. The van der Waals surface area contributed by atoms with Gasteiger partial charge < -0.3 is 10.5 Å². The minimum atomic E-state index is 0.238. The standard InChI is InChI=1S/C12H24N2O/c1-11(2)4-3-6-14(11)9-12(8-13)5-7-15-10-12/h3-10,13H2,1-2H3. The quantitative estimate of drug-likeness (QED) is 0.764. The third-order valence-electron chi connectivity index (χ3n) is 4.22. The molecule has 88 valence electrons. The molecule has 0 aromatic carbocycles. The van der Waals surface area contributed by atoms with Crippen LogP contribution in [0.25, 0.3) is 0 Å². The highest BCUT2D eigenvalue weighted by molar-refractivity contribution is 4.94. The van der Waals surface area contributed by atoms with Crippen molar-refractivity contribution in [3.05, 3.63) is 0 Å². The second-order valence-corrected chi connectivity index (χ2v) is 5.84. The number of hydrogen-bond donors (Lipinski definition) is 1. The van der Waals surface area contributed by atoms with Crippen LogP contribution in [0, 0.1) is 5.41 Å². The van der Waals surface area contributed by atoms with Gasteiger partial charge in [-0.05, 0) is 39.7 Å². The van der Waals surface area contributed by atoms with Crippen molar-refractivity contribution >= 4 is 0 Å². The molecule has 0 aromatic rings. The smallest absolute Gasteiger partial charge is 0.0547 e. The van der Waals surface area contributed by atoms with E-state index in [2.05, 4.69) is 18.7 Å². The van der Waals surface area contributed by atoms with Crippen LogP contribution in [0.3, 0.4) is 0 Å². The molecule has 2 rings (SSSR count). The number of hydrogen-bond acceptors (Lipinski definition) is 3. The Morgan fingerprint density at radius 3 is 2.60 bits per heavy atom. The lowest BCUT2D eigenvalue weighted by atomic mass is 9.85. The van der Waals surface area contributed by atoms with Crippen LogP contribution in [0.15, 0.2) is 0 Å². The molecular weight excluding hydrogens is 188 g/mol. The summed E-state index contributed by atoms with van der Waals surface area (Å²) in [6.07, 6.45) is 3.78. The van der Waals surface area contributed by atoms with E-state index >= 15 is 0 Å². The Hall–Kier alpha value is -0.120. The average molecular weight is 212 g/mol.